The lowest BCUT2D eigenvalue weighted by Gasteiger charge is -2.42. The van der Waals surface area contributed by atoms with E-state index in [4.69, 9.17) is 0 Å². The first-order valence-corrected chi connectivity index (χ1v) is 7.45. The van der Waals surface area contributed by atoms with Crippen molar-refractivity contribution in [3.05, 3.63) is 29.6 Å². The molecule has 0 spiro atoms. The van der Waals surface area contributed by atoms with Gasteiger partial charge in [0.2, 0.25) is 0 Å². The fourth-order valence-electron chi connectivity index (χ4n) is 3.19. The summed E-state index contributed by atoms with van der Waals surface area (Å²) in [4.78, 5) is 6.98. The fraction of sp³-hybridized carbons (Fsp3) is 0.688. The number of nitrogens with zero attached hydrogens (tertiary/aromatic N) is 2. The van der Waals surface area contributed by atoms with Crippen LogP contribution in [0.1, 0.15) is 50.8 Å². The lowest BCUT2D eigenvalue weighted by molar-refractivity contribution is 0.107. The average Bonchev–Trinajstić information content (AvgIpc) is 2.90. The summed E-state index contributed by atoms with van der Waals surface area (Å²) < 4.78 is 0. The van der Waals surface area contributed by atoms with Gasteiger partial charge in [-0.1, -0.05) is 13.0 Å². The molecule has 2 heterocycles. The molecule has 3 nitrogen and oxygen atoms in total. The number of hydrogen-bond donors (Lipinski definition) is 1. The molecule has 0 aromatic carbocycles. The summed E-state index contributed by atoms with van der Waals surface area (Å²) in [6.07, 6.45) is 6.59. The highest BCUT2D eigenvalue weighted by Gasteiger charge is 2.37. The zero-order valence-corrected chi connectivity index (χ0v) is 12.7. The molecule has 1 aromatic rings. The molecule has 1 aliphatic heterocycles. The molecule has 1 unspecified atom stereocenters. The van der Waals surface area contributed by atoms with E-state index in [9.17, 15) is 0 Å². The summed E-state index contributed by atoms with van der Waals surface area (Å²) in [7, 11) is 0. The predicted molar refractivity (Wildman–Crippen MR) is 80.3 cm³/mol. The van der Waals surface area contributed by atoms with Gasteiger partial charge in [0.1, 0.15) is 0 Å². The van der Waals surface area contributed by atoms with Gasteiger partial charge in [0.15, 0.2) is 0 Å². The zero-order chi connectivity index (χ0) is 13.9. The van der Waals surface area contributed by atoms with E-state index in [2.05, 4.69) is 49.0 Å². The van der Waals surface area contributed by atoms with Gasteiger partial charge >= 0.3 is 0 Å². The summed E-state index contributed by atoms with van der Waals surface area (Å²) in [5.41, 5.74) is 2.67. The van der Waals surface area contributed by atoms with Crippen LogP contribution in [0.4, 0.5) is 0 Å². The fourth-order valence-corrected chi connectivity index (χ4v) is 3.19. The molecule has 0 amide bonds. The normalized spacial score (nSPS) is 18.7. The summed E-state index contributed by atoms with van der Waals surface area (Å²) in [5, 5.41) is 3.66. The van der Waals surface area contributed by atoms with Crippen LogP contribution >= 0.6 is 0 Å². The molecule has 3 heteroatoms. The van der Waals surface area contributed by atoms with Crippen molar-refractivity contribution in [1.82, 2.24) is 15.2 Å². The summed E-state index contributed by atoms with van der Waals surface area (Å²) in [6.45, 7) is 12.4. The van der Waals surface area contributed by atoms with Crippen molar-refractivity contribution in [2.24, 2.45) is 0 Å². The number of aryl methyl sites for hydroxylation is 1. The van der Waals surface area contributed by atoms with Crippen LogP contribution in [0.15, 0.2) is 18.5 Å². The minimum Gasteiger partial charge on any atom is -0.309 e. The Hall–Kier alpha value is -0.930. The minimum absolute atomic E-state index is 0.127. The Morgan fingerprint density at radius 3 is 2.58 bits per heavy atom. The molecule has 1 N–H and O–H groups in total. The molecule has 19 heavy (non-hydrogen) atoms. The minimum atomic E-state index is 0.127. The molecule has 0 radical (unpaired) electrons. The van der Waals surface area contributed by atoms with Crippen LogP contribution in [0, 0.1) is 6.92 Å². The van der Waals surface area contributed by atoms with Crippen molar-refractivity contribution >= 4 is 0 Å². The van der Waals surface area contributed by atoms with Crippen molar-refractivity contribution in [2.75, 3.05) is 19.6 Å². The van der Waals surface area contributed by atoms with E-state index in [1.807, 2.05) is 12.4 Å². The van der Waals surface area contributed by atoms with E-state index in [1.165, 1.54) is 37.1 Å². The van der Waals surface area contributed by atoms with Crippen LogP contribution in [-0.4, -0.2) is 35.1 Å². The molecule has 1 atom stereocenters. The van der Waals surface area contributed by atoms with Gasteiger partial charge in [-0.25, -0.2) is 0 Å². The van der Waals surface area contributed by atoms with Gasteiger partial charge in [-0.3, -0.25) is 9.88 Å². The number of pyridine rings is 1. The third-order valence-corrected chi connectivity index (χ3v) is 4.27. The first-order chi connectivity index (χ1) is 9.05. The van der Waals surface area contributed by atoms with Crippen LogP contribution < -0.4 is 5.32 Å². The smallest absolute Gasteiger partial charge is 0.0517 e. The van der Waals surface area contributed by atoms with Crippen molar-refractivity contribution in [3.63, 3.8) is 0 Å². The quantitative estimate of drug-likeness (QED) is 0.883. The number of rotatable bonds is 5. The molecule has 1 saturated heterocycles. The Morgan fingerprint density at radius 1 is 1.32 bits per heavy atom. The lowest BCUT2D eigenvalue weighted by Crippen LogP contribution is -2.51. The van der Waals surface area contributed by atoms with Crippen LogP contribution in [0.3, 0.4) is 0 Å². The Kier molecular flexibility index (Phi) is 4.58. The second-order valence-electron chi connectivity index (χ2n) is 6.13. The van der Waals surface area contributed by atoms with Gasteiger partial charge in [0.25, 0.3) is 0 Å². The Labute approximate surface area is 117 Å². The largest absolute Gasteiger partial charge is 0.309 e. The third kappa shape index (κ3) is 3.15. The van der Waals surface area contributed by atoms with Crippen molar-refractivity contribution in [3.8, 4) is 0 Å². The molecule has 1 aromatic heterocycles. The maximum atomic E-state index is 4.37. The molecule has 2 rings (SSSR count). The first kappa shape index (κ1) is 14.5. The van der Waals surface area contributed by atoms with Gasteiger partial charge in [-0.05, 0) is 64.4 Å². The van der Waals surface area contributed by atoms with E-state index in [-0.39, 0.29) is 5.54 Å². The van der Waals surface area contributed by atoms with Gasteiger partial charge in [0.05, 0.1) is 6.04 Å². The number of hydrogen-bond acceptors (Lipinski definition) is 3. The van der Waals surface area contributed by atoms with Crippen molar-refractivity contribution in [1.29, 1.82) is 0 Å². The van der Waals surface area contributed by atoms with Gasteiger partial charge in [-0.15, -0.1) is 0 Å². The maximum Gasteiger partial charge on any atom is 0.0517 e. The van der Waals surface area contributed by atoms with Crippen LogP contribution in [-0.2, 0) is 0 Å². The second-order valence-corrected chi connectivity index (χ2v) is 6.13. The Morgan fingerprint density at radius 2 is 2.00 bits per heavy atom. The molecule has 0 saturated carbocycles. The standard InChI is InChI=1S/C16H27N3/c1-5-18-15(14-10-13(2)11-17-12-14)16(3,4)19-8-6-7-9-19/h10-12,15,18H,5-9H2,1-4H3. The molecule has 0 bridgehead atoms. The van der Waals surface area contributed by atoms with Gasteiger partial charge in [0, 0.05) is 17.9 Å². The highest BCUT2D eigenvalue weighted by Crippen LogP contribution is 2.33. The first-order valence-electron chi connectivity index (χ1n) is 7.45. The zero-order valence-electron chi connectivity index (χ0n) is 12.7. The van der Waals surface area contributed by atoms with E-state index < -0.39 is 0 Å². The second kappa shape index (κ2) is 6.02. The lowest BCUT2D eigenvalue weighted by atomic mass is 9.87. The highest BCUT2D eigenvalue weighted by molar-refractivity contribution is 5.23. The van der Waals surface area contributed by atoms with Crippen molar-refractivity contribution < 1.29 is 0 Å². The van der Waals surface area contributed by atoms with Gasteiger partial charge in [-0.2, -0.15) is 0 Å². The van der Waals surface area contributed by atoms with E-state index in [0.29, 0.717) is 6.04 Å². The van der Waals surface area contributed by atoms with Gasteiger partial charge < -0.3 is 5.32 Å². The van der Waals surface area contributed by atoms with Crippen LogP contribution in [0.2, 0.25) is 0 Å². The molecule has 1 fully saturated rings. The SMILES string of the molecule is CCNC(c1cncc(C)c1)C(C)(C)N1CCCC1. The van der Waals surface area contributed by atoms with Crippen molar-refractivity contribution in [2.45, 2.75) is 52.1 Å². The third-order valence-electron chi connectivity index (χ3n) is 4.27. The molecule has 1 aliphatic rings. The number of likely N-dealkylation sites (tertiary alicyclic amines) is 1. The topological polar surface area (TPSA) is 28.2 Å². The molecule has 0 aliphatic carbocycles. The monoisotopic (exact) mass is 261 g/mol. The Bertz CT molecular complexity index is 408. The van der Waals surface area contributed by atoms with Crippen LogP contribution in [0.5, 0.6) is 0 Å². The maximum absolute atomic E-state index is 4.37. The number of aromatic nitrogens is 1. The molecular formula is C16H27N3. The summed E-state index contributed by atoms with van der Waals surface area (Å²) in [6, 6.07) is 2.60. The predicted octanol–water partition coefficient (Wildman–Crippen LogP) is 2.92. The molecule has 106 valence electrons. The van der Waals surface area contributed by atoms with E-state index >= 15 is 0 Å². The average molecular weight is 261 g/mol. The number of likely N-dealkylation sites (N-methyl/N-ethyl adjacent to an activating group) is 1. The Balaban J connectivity index is 2.28. The van der Waals surface area contributed by atoms with E-state index in [1.54, 1.807) is 0 Å². The highest BCUT2D eigenvalue weighted by atomic mass is 15.2. The summed E-state index contributed by atoms with van der Waals surface area (Å²) >= 11 is 0. The van der Waals surface area contributed by atoms with E-state index in [0.717, 1.165) is 6.54 Å². The van der Waals surface area contributed by atoms with Crippen LogP contribution in [0.25, 0.3) is 0 Å². The number of nitrogens with one attached hydrogen (secondary N) is 1. The summed E-state index contributed by atoms with van der Waals surface area (Å²) in [5.74, 6) is 0. The molecular weight excluding hydrogens is 234 g/mol.